The summed E-state index contributed by atoms with van der Waals surface area (Å²) in [6.45, 7) is 0.615. The van der Waals surface area contributed by atoms with Crippen molar-refractivity contribution in [2.45, 2.75) is 6.54 Å². The number of furan rings is 1. The molecular weight excluding hydrogens is 430 g/mol. The van der Waals surface area contributed by atoms with Crippen molar-refractivity contribution < 1.29 is 33.0 Å². The molecule has 0 saturated carbocycles. The highest BCUT2D eigenvalue weighted by atomic mass is 16.6. The predicted molar refractivity (Wildman–Crippen MR) is 117 cm³/mol. The Balaban J connectivity index is 1.26. The van der Waals surface area contributed by atoms with Gasteiger partial charge in [0.25, 0.3) is 5.91 Å². The number of benzene rings is 2. The highest BCUT2D eigenvalue weighted by Crippen LogP contribution is 2.32. The van der Waals surface area contributed by atoms with Crippen LogP contribution in [0.15, 0.2) is 65.3 Å². The van der Waals surface area contributed by atoms with Crippen LogP contribution in [-0.4, -0.2) is 37.7 Å². The summed E-state index contributed by atoms with van der Waals surface area (Å²) in [6, 6.07) is 14.4. The van der Waals surface area contributed by atoms with Crippen LogP contribution >= 0.6 is 0 Å². The third-order valence-corrected chi connectivity index (χ3v) is 4.57. The molecule has 0 radical (unpaired) electrons. The first-order valence-electron chi connectivity index (χ1n) is 10.1. The Kier molecular flexibility index (Phi) is 6.74. The minimum Gasteiger partial charge on any atom is -0.486 e. The SMILES string of the molecule is O=C(COC(=O)c1ccccc1NCc1ccco1)NC(=O)Nc1ccc2c(c1)OCCO2. The molecule has 33 heavy (non-hydrogen) atoms. The van der Waals surface area contributed by atoms with Gasteiger partial charge in [0.1, 0.15) is 19.0 Å². The van der Waals surface area contributed by atoms with Gasteiger partial charge in [-0.25, -0.2) is 9.59 Å². The summed E-state index contributed by atoms with van der Waals surface area (Å²) in [5, 5.41) is 7.71. The first-order valence-corrected chi connectivity index (χ1v) is 10.1. The Morgan fingerprint density at radius 1 is 0.939 bits per heavy atom. The number of esters is 1. The molecule has 0 saturated heterocycles. The fourth-order valence-electron chi connectivity index (χ4n) is 3.07. The summed E-state index contributed by atoms with van der Waals surface area (Å²) in [6.07, 6.45) is 1.56. The lowest BCUT2D eigenvalue weighted by molar-refractivity contribution is -0.123. The van der Waals surface area contributed by atoms with Crippen molar-refractivity contribution in [3.05, 3.63) is 72.2 Å². The van der Waals surface area contributed by atoms with E-state index in [0.29, 0.717) is 48.4 Å². The molecule has 2 aromatic carbocycles. The van der Waals surface area contributed by atoms with Gasteiger partial charge in [-0.05, 0) is 36.4 Å². The smallest absolute Gasteiger partial charge is 0.340 e. The van der Waals surface area contributed by atoms with E-state index in [0.717, 1.165) is 0 Å². The normalized spacial score (nSPS) is 11.9. The molecule has 0 atom stereocenters. The maximum atomic E-state index is 12.5. The van der Waals surface area contributed by atoms with E-state index in [2.05, 4.69) is 16.0 Å². The molecular formula is C23H21N3O7. The number of imide groups is 1. The largest absolute Gasteiger partial charge is 0.486 e. The van der Waals surface area contributed by atoms with Gasteiger partial charge >= 0.3 is 12.0 Å². The third-order valence-electron chi connectivity index (χ3n) is 4.57. The Morgan fingerprint density at radius 3 is 2.58 bits per heavy atom. The molecule has 0 fully saturated rings. The van der Waals surface area contributed by atoms with Gasteiger partial charge in [-0.15, -0.1) is 0 Å². The molecule has 0 bridgehead atoms. The standard InChI is InChI=1S/C23H21N3O7/c27-21(26-23(29)25-15-7-8-19-20(12-15)32-11-10-31-19)14-33-22(28)17-5-1-2-6-18(17)24-13-16-4-3-9-30-16/h1-9,12,24H,10-11,13-14H2,(H2,25,26,27,29). The summed E-state index contributed by atoms with van der Waals surface area (Å²) in [4.78, 5) is 36.6. The van der Waals surface area contributed by atoms with Crippen LogP contribution < -0.4 is 25.4 Å². The molecule has 2 heterocycles. The topological polar surface area (TPSA) is 128 Å². The number of para-hydroxylation sites is 1. The lowest BCUT2D eigenvalue weighted by atomic mass is 10.2. The summed E-state index contributed by atoms with van der Waals surface area (Å²) >= 11 is 0. The average molecular weight is 451 g/mol. The zero-order valence-corrected chi connectivity index (χ0v) is 17.5. The van der Waals surface area contributed by atoms with Crippen molar-refractivity contribution in [3.8, 4) is 11.5 Å². The number of urea groups is 1. The number of ether oxygens (including phenoxy) is 3. The number of fused-ring (bicyclic) bond motifs is 1. The van der Waals surface area contributed by atoms with E-state index in [4.69, 9.17) is 18.6 Å². The molecule has 0 spiro atoms. The van der Waals surface area contributed by atoms with Crippen molar-refractivity contribution >= 4 is 29.3 Å². The van der Waals surface area contributed by atoms with E-state index < -0.39 is 24.5 Å². The van der Waals surface area contributed by atoms with E-state index in [1.54, 1.807) is 60.9 Å². The van der Waals surface area contributed by atoms with Crippen LogP contribution in [0.5, 0.6) is 11.5 Å². The first-order chi connectivity index (χ1) is 16.1. The molecule has 10 heteroatoms. The van der Waals surface area contributed by atoms with Crippen molar-refractivity contribution in [2.75, 3.05) is 30.5 Å². The molecule has 0 aliphatic carbocycles. The van der Waals surface area contributed by atoms with Crippen LogP contribution in [0, 0.1) is 0 Å². The van der Waals surface area contributed by atoms with Gasteiger partial charge < -0.3 is 29.3 Å². The molecule has 3 amide bonds. The Bertz CT molecular complexity index is 1140. The van der Waals surface area contributed by atoms with Crippen LogP contribution in [0.2, 0.25) is 0 Å². The van der Waals surface area contributed by atoms with Gasteiger partial charge in [0.05, 0.1) is 18.4 Å². The number of carbonyl (C=O) groups is 3. The summed E-state index contributed by atoms with van der Waals surface area (Å²) in [5.41, 5.74) is 1.19. The summed E-state index contributed by atoms with van der Waals surface area (Å²) in [7, 11) is 0. The average Bonchev–Trinajstić information content (AvgIpc) is 3.35. The van der Waals surface area contributed by atoms with Crippen LogP contribution in [0.4, 0.5) is 16.2 Å². The highest BCUT2D eigenvalue weighted by molar-refractivity contribution is 6.03. The van der Waals surface area contributed by atoms with E-state index in [1.807, 2.05) is 0 Å². The van der Waals surface area contributed by atoms with Crippen LogP contribution in [0.1, 0.15) is 16.1 Å². The maximum Gasteiger partial charge on any atom is 0.340 e. The molecule has 170 valence electrons. The van der Waals surface area contributed by atoms with Crippen molar-refractivity contribution in [3.63, 3.8) is 0 Å². The number of hydrogen-bond donors (Lipinski definition) is 3. The number of anilines is 2. The summed E-state index contributed by atoms with van der Waals surface area (Å²) < 4.78 is 21.2. The molecule has 3 aromatic rings. The monoisotopic (exact) mass is 451 g/mol. The number of hydrogen-bond acceptors (Lipinski definition) is 8. The number of rotatable bonds is 7. The molecule has 3 N–H and O–H groups in total. The Labute approximate surface area is 188 Å². The first kappa shape index (κ1) is 21.8. The second kappa shape index (κ2) is 10.2. The highest BCUT2D eigenvalue weighted by Gasteiger charge is 2.17. The Hall–Kier alpha value is -4.47. The number of nitrogens with one attached hydrogen (secondary N) is 3. The van der Waals surface area contributed by atoms with Crippen LogP contribution in [0.3, 0.4) is 0 Å². The van der Waals surface area contributed by atoms with Gasteiger partial charge in [0.2, 0.25) is 0 Å². The van der Waals surface area contributed by atoms with Gasteiger partial charge in [-0.3, -0.25) is 10.1 Å². The molecule has 1 aliphatic heterocycles. The van der Waals surface area contributed by atoms with Gasteiger partial charge in [-0.2, -0.15) is 0 Å². The van der Waals surface area contributed by atoms with E-state index >= 15 is 0 Å². The zero-order chi connectivity index (χ0) is 23.0. The molecule has 1 aliphatic rings. The van der Waals surface area contributed by atoms with E-state index in [-0.39, 0.29) is 5.56 Å². The van der Waals surface area contributed by atoms with E-state index in [9.17, 15) is 14.4 Å². The van der Waals surface area contributed by atoms with Crippen molar-refractivity contribution in [2.24, 2.45) is 0 Å². The predicted octanol–water partition coefficient (Wildman–Crippen LogP) is 3.17. The van der Waals surface area contributed by atoms with Gasteiger partial charge in [-0.1, -0.05) is 12.1 Å². The van der Waals surface area contributed by atoms with Crippen LogP contribution in [0.25, 0.3) is 0 Å². The quantitative estimate of drug-likeness (QED) is 0.468. The second-order valence-corrected chi connectivity index (χ2v) is 6.92. The molecule has 4 rings (SSSR count). The van der Waals surface area contributed by atoms with Crippen molar-refractivity contribution in [1.82, 2.24) is 5.32 Å². The van der Waals surface area contributed by atoms with E-state index in [1.165, 1.54) is 0 Å². The number of amides is 3. The minimum atomic E-state index is -0.778. The second-order valence-electron chi connectivity index (χ2n) is 6.92. The van der Waals surface area contributed by atoms with Gasteiger partial charge in [0.15, 0.2) is 18.1 Å². The Morgan fingerprint density at radius 2 is 1.76 bits per heavy atom. The van der Waals surface area contributed by atoms with Crippen LogP contribution in [-0.2, 0) is 16.1 Å². The van der Waals surface area contributed by atoms with Gasteiger partial charge in [0, 0.05) is 17.4 Å². The fraction of sp³-hybridized carbons (Fsp3) is 0.174. The molecule has 1 aromatic heterocycles. The number of carbonyl (C=O) groups excluding carboxylic acids is 3. The fourth-order valence-corrected chi connectivity index (χ4v) is 3.07. The van der Waals surface area contributed by atoms with Crippen molar-refractivity contribution in [1.29, 1.82) is 0 Å². The minimum absolute atomic E-state index is 0.248. The third kappa shape index (κ3) is 5.82. The molecule has 10 nitrogen and oxygen atoms in total. The zero-order valence-electron chi connectivity index (χ0n) is 17.5. The maximum absolute atomic E-state index is 12.5. The summed E-state index contributed by atoms with van der Waals surface area (Å²) in [5.74, 6) is 0.286. The lowest BCUT2D eigenvalue weighted by Crippen LogP contribution is -2.37. The molecule has 0 unspecified atom stereocenters. The lowest BCUT2D eigenvalue weighted by Gasteiger charge is -2.19.